The zero-order valence-electron chi connectivity index (χ0n) is 16.0. The molecule has 156 valence electrons. The first-order valence-electron chi connectivity index (χ1n) is 8.67. The number of nitrogens with zero attached hydrogens (tertiary/aromatic N) is 3. The molecular formula is C18H20F3N5O3. The van der Waals surface area contributed by atoms with Crippen molar-refractivity contribution in [2.45, 2.75) is 32.9 Å². The Morgan fingerprint density at radius 1 is 1.17 bits per heavy atom. The number of para-hydroxylation sites is 1. The number of hydrogen-bond donors (Lipinski definition) is 2. The van der Waals surface area contributed by atoms with Crippen LogP contribution in [0.3, 0.4) is 0 Å². The average Bonchev–Trinajstić information content (AvgIpc) is 3.04. The summed E-state index contributed by atoms with van der Waals surface area (Å²) in [6, 6.07) is 2.50. The molecular weight excluding hydrogens is 391 g/mol. The predicted molar refractivity (Wildman–Crippen MR) is 98.2 cm³/mol. The van der Waals surface area contributed by atoms with Gasteiger partial charge in [0, 0.05) is 18.9 Å². The number of carbonyl (C=O) groups excluding carboxylic acids is 3. The molecule has 0 spiro atoms. The van der Waals surface area contributed by atoms with Gasteiger partial charge in [-0.3, -0.25) is 9.48 Å². The molecule has 8 nitrogen and oxygen atoms in total. The summed E-state index contributed by atoms with van der Waals surface area (Å²) >= 11 is 0. The number of benzene rings is 1. The Kier molecular flexibility index (Phi) is 6.30. The standard InChI is InChI=1S/C18H20F3N5O3/c1-4-10-7-6-8-11(5-2)13(10)23-17(29)26(16(22)28)15(27)12-9-25(3)24-14(12)18(19,20)21/h6-9H,4-5H2,1-3H3,(H2,22,28)(H,23,29). The Labute approximate surface area is 164 Å². The minimum Gasteiger partial charge on any atom is -0.351 e. The first-order valence-corrected chi connectivity index (χ1v) is 8.67. The minimum atomic E-state index is -4.96. The van der Waals surface area contributed by atoms with Crippen LogP contribution in [0.25, 0.3) is 0 Å². The van der Waals surface area contributed by atoms with Gasteiger partial charge in [0.1, 0.15) is 0 Å². The van der Waals surface area contributed by atoms with Crippen molar-refractivity contribution in [2.75, 3.05) is 5.32 Å². The van der Waals surface area contributed by atoms with Gasteiger partial charge in [-0.1, -0.05) is 32.0 Å². The van der Waals surface area contributed by atoms with Gasteiger partial charge < -0.3 is 11.1 Å². The van der Waals surface area contributed by atoms with Crippen LogP contribution in [0.5, 0.6) is 0 Å². The molecule has 2 rings (SSSR count). The number of urea groups is 2. The van der Waals surface area contributed by atoms with E-state index in [9.17, 15) is 27.6 Å². The van der Waals surface area contributed by atoms with Crippen molar-refractivity contribution in [3.05, 3.63) is 46.8 Å². The van der Waals surface area contributed by atoms with Crippen molar-refractivity contribution in [3.8, 4) is 0 Å². The summed E-state index contributed by atoms with van der Waals surface area (Å²) in [6.07, 6.45) is -3.12. The molecule has 5 amide bonds. The molecule has 11 heteroatoms. The lowest BCUT2D eigenvalue weighted by atomic mass is 10.0. The molecule has 0 radical (unpaired) electrons. The van der Waals surface area contributed by atoms with Crippen molar-refractivity contribution in [3.63, 3.8) is 0 Å². The van der Waals surface area contributed by atoms with Gasteiger partial charge in [0.25, 0.3) is 5.91 Å². The fourth-order valence-electron chi connectivity index (χ4n) is 2.83. The molecule has 29 heavy (non-hydrogen) atoms. The number of alkyl halides is 3. The van der Waals surface area contributed by atoms with Crippen molar-refractivity contribution >= 4 is 23.7 Å². The first kappa shape index (κ1) is 21.9. The van der Waals surface area contributed by atoms with E-state index in [2.05, 4.69) is 10.4 Å². The van der Waals surface area contributed by atoms with Gasteiger partial charge in [-0.25, -0.2) is 9.59 Å². The predicted octanol–water partition coefficient (Wildman–Crippen LogP) is 3.32. The Balaban J connectivity index is 2.45. The van der Waals surface area contributed by atoms with Crippen LogP contribution in [0, 0.1) is 0 Å². The summed E-state index contributed by atoms with van der Waals surface area (Å²) in [5.74, 6) is -1.53. The number of anilines is 1. The Hall–Kier alpha value is -3.37. The number of primary amides is 1. The SMILES string of the molecule is CCc1cccc(CC)c1NC(=O)N(C(N)=O)C(=O)c1cn(C)nc1C(F)(F)F. The summed E-state index contributed by atoms with van der Waals surface area (Å²) < 4.78 is 40.3. The van der Waals surface area contributed by atoms with E-state index in [1.54, 1.807) is 18.2 Å². The highest BCUT2D eigenvalue weighted by molar-refractivity contribution is 6.18. The molecule has 3 N–H and O–H groups in total. The zero-order valence-corrected chi connectivity index (χ0v) is 16.0. The number of imide groups is 3. The van der Waals surface area contributed by atoms with Gasteiger partial charge in [-0.2, -0.15) is 23.2 Å². The molecule has 1 heterocycles. The molecule has 0 aliphatic carbocycles. The van der Waals surface area contributed by atoms with Gasteiger partial charge in [0.15, 0.2) is 5.69 Å². The number of nitrogens with one attached hydrogen (secondary N) is 1. The summed E-state index contributed by atoms with van der Waals surface area (Å²) in [7, 11) is 1.17. The summed E-state index contributed by atoms with van der Waals surface area (Å²) in [5, 5.41) is 5.64. The number of halogens is 3. The Morgan fingerprint density at radius 3 is 2.17 bits per heavy atom. The van der Waals surface area contributed by atoms with Gasteiger partial charge in [0.2, 0.25) is 0 Å². The van der Waals surface area contributed by atoms with E-state index in [1.165, 1.54) is 7.05 Å². The van der Waals surface area contributed by atoms with Gasteiger partial charge in [-0.05, 0) is 24.0 Å². The quantitative estimate of drug-likeness (QED) is 0.804. The van der Waals surface area contributed by atoms with Crippen LogP contribution in [-0.2, 0) is 26.1 Å². The number of amides is 5. The van der Waals surface area contributed by atoms with E-state index in [-0.39, 0.29) is 4.90 Å². The second kappa shape index (κ2) is 8.33. The number of rotatable bonds is 4. The van der Waals surface area contributed by atoms with Crippen molar-refractivity contribution in [1.82, 2.24) is 14.7 Å². The van der Waals surface area contributed by atoms with E-state index in [0.29, 0.717) is 18.5 Å². The van der Waals surface area contributed by atoms with E-state index in [4.69, 9.17) is 5.73 Å². The van der Waals surface area contributed by atoms with Crippen LogP contribution in [0.1, 0.15) is 41.0 Å². The third kappa shape index (κ3) is 4.55. The van der Waals surface area contributed by atoms with Crippen molar-refractivity contribution in [2.24, 2.45) is 12.8 Å². The minimum absolute atomic E-state index is 0.0713. The summed E-state index contributed by atoms with van der Waals surface area (Å²) in [4.78, 5) is 37.0. The smallest absolute Gasteiger partial charge is 0.351 e. The highest BCUT2D eigenvalue weighted by atomic mass is 19.4. The maximum Gasteiger partial charge on any atom is 0.435 e. The lowest BCUT2D eigenvalue weighted by Crippen LogP contribution is -2.47. The first-order chi connectivity index (χ1) is 13.5. The van der Waals surface area contributed by atoms with Crippen LogP contribution in [0.15, 0.2) is 24.4 Å². The normalized spacial score (nSPS) is 11.2. The number of carbonyl (C=O) groups is 3. The van der Waals surface area contributed by atoms with Gasteiger partial charge in [0.05, 0.1) is 5.56 Å². The second-order valence-electron chi connectivity index (χ2n) is 6.13. The molecule has 0 fully saturated rings. The number of nitrogens with two attached hydrogens (primary N) is 1. The number of hydrogen-bond acceptors (Lipinski definition) is 4. The van der Waals surface area contributed by atoms with E-state index in [0.717, 1.165) is 22.0 Å². The monoisotopic (exact) mass is 411 g/mol. The lowest BCUT2D eigenvalue weighted by molar-refractivity contribution is -0.141. The van der Waals surface area contributed by atoms with Crippen LogP contribution >= 0.6 is 0 Å². The molecule has 1 aromatic carbocycles. The fourth-order valence-corrected chi connectivity index (χ4v) is 2.83. The summed E-state index contributed by atoms with van der Waals surface area (Å²) in [5.41, 5.74) is 4.48. The van der Waals surface area contributed by atoms with Gasteiger partial charge in [-0.15, -0.1) is 0 Å². The van der Waals surface area contributed by atoms with E-state index in [1.807, 2.05) is 13.8 Å². The van der Waals surface area contributed by atoms with Crippen LogP contribution in [0.2, 0.25) is 0 Å². The van der Waals surface area contributed by atoms with Crippen LogP contribution < -0.4 is 11.1 Å². The number of aromatic nitrogens is 2. The maximum atomic E-state index is 13.2. The number of aryl methyl sites for hydroxylation is 3. The molecule has 0 saturated carbocycles. The average molecular weight is 411 g/mol. The van der Waals surface area contributed by atoms with E-state index < -0.39 is 35.4 Å². The van der Waals surface area contributed by atoms with Crippen molar-refractivity contribution < 1.29 is 27.6 Å². The Bertz CT molecular complexity index is 930. The van der Waals surface area contributed by atoms with Crippen LogP contribution in [-0.4, -0.2) is 32.6 Å². The molecule has 0 unspecified atom stereocenters. The third-order valence-corrected chi connectivity index (χ3v) is 4.19. The molecule has 0 bridgehead atoms. The molecule has 0 aliphatic heterocycles. The second-order valence-corrected chi connectivity index (χ2v) is 6.13. The fraction of sp³-hybridized carbons (Fsp3) is 0.333. The highest BCUT2D eigenvalue weighted by Gasteiger charge is 2.42. The summed E-state index contributed by atoms with van der Waals surface area (Å²) in [6.45, 7) is 3.68. The van der Waals surface area contributed by atoms with E-state index >= 15 is 0 Å². The van der Waals surface area contributed by atoms with Crippen molar-refractivity contribution in [1.29, 1.82) is 0 Å². The Morgan fingerprint density at radius 2 is 1.72 bits per heavy atom. The molecule has 2 aromatic rings. The molecule has 0 atom stereocenters. The third-order valence-electron chi connectivity index (χ3n) is 4.19. The maximum absolute atomic E-state index is 13.2. The van der Waals surface area contributed by atoms with Crippen LogP contribution in [0.4, 0.5) is 28.4 Å². The zero-order chi connectivity index (χ0) is 21.9. The van der Waals surface area contributed by atoms with Gasteiger partial charge >= 0.3 is 18.2 Å². The highest BCUT2D eigenvalue weighted by Crippen LogP contribution is 2.31. The largest absolute Gasteiger partial charge is 0.435 e. The molecule has 0 saturated heterocycles. The topological polar surface area (TPSA) is 110 Å². The molecule has 1 aromatic heterocycles. The molecule has 0 aliphatic rings. The lowest BCUT2D eigenvalue weighted by Gasteiger charge is -2.20.